The second-order valence-electron chi connectivity index (χ2n) is 3.79. The van der Waals surface area contributed by atoms with Crippen molar-refractivity contribution >= 4 is 0 Å². The maximum absolute atomic E-state index is 11.7. The van der Waals surface area contributed by atoms with E-state index in [2.05, 4.69) is 4.98 Å². The van der Waals surface area contributed by atoms with Crippen LogP contribution in [-0.2, 0) is 6.54 Å². The number of rotatable bonds is 2. The first-order chi connectivity index (χ1) is 8.20. The van der Waals surface area contributed by atoms with Gasteiger partial charge in [0, 0.05) is 24.0 Å². The molecule has 17 heavy (non-hydrogen) atoms. The molecule has 0 saturated heterocycles. The molecule has 0 radical (unpaired) electrons. The molecule has 4 nitrogen and oxygen atoms in total. The molecule has 2 aromatic heterocycles. The SMILES string of the molecule is Cc1ccn(Cc2cccnc2C#N)c(=O)c1. The van der Waals surface area contributed by atoms with Crippen molar-refractivity contribution in [2.45, 2.75) is 13.5 Å². The largest absolute Gasteiger partial charge is 0.311 e. The van der Waals surface area contributed by atoms with Gasteiger partial charge < -0.3 is 4.57 Å². The monoisotopic (exact) mass is 225 g/mol. The number of nitriles is 1. The Morgan fingerprint density at radius 1 is 1.47 bits per heavy atom. The molecule has 2 rings (SSSR count). The quantitative estimate of drug-likeness (QED) is 0.777. The summed E-state index contributed by atoms with van der Waals surface area (Å²) in [4.78, 5) is 15.7. The molecule has 0 aliphatic heterocycles. The molecule has 0 aromatic carbocycles. The minimum atomic E-state index is -0.0715. The minimum absolute atomic E-state index is 0.0715. The molecule has 0 amide bonds. The zero-order valence-corrected chi connectivity index (χ0v) is 9.42. The zero-order chi connectivity index (χ0) is 12.3. The average molecular weight is 225 g/mol. The summed E-state index contributed by atoms with van der Waals surface area (Å²) >= 11 is 0. The van der Waals surface area contributed by atoms with Gasteiger partial charge >= 0.3 is 0 Å². The Balaban J connectivity index is 2.39. The van der Waals surface area contributed by atoms with Crippen molar-refractivity contribution in [1.29, 1.82) is 5.26 Å². The van der Waals surface area contributed by atoms with Gasteiger partial charge in [0.1, 0.15) is 11.8 Å². The highest BCUT2D eigenvalue weighted by Gasteiger charge is 2.04. The van der Waals surface area contributed by atoms with E-state index in [4.69, 9.17) is 5.26 Å². The summed E-state index contributed by atoms with van der Waals surface area (Å²) in [5, 5.41) is 8.91. The second-order valence-corrected chi connectivity index (χ2v) is 3.79. The van der Waals surface area contributed by atoms with Crippen molar-refractivity contribution in [3.63, 3.8) is 0 Å². The Morgan fingerprint density at radius 2 is 2.29 bits per heavy atom. The van der Waals surface area contributed by atoms with Crippen LogP contribution in [0, 0.1) is 18.3 Å². The van der Waals surface area contributed by atoms with E-state index in [0.29, 0.717) is 12.2 Å². The third-order valence-corrected chi connectivity index (χ3v) is 2.49. The van der Waals surface area contributed by atoms with Crippen LogP contribution < -0.4 is 5.56 Å². The van der Waals surface area contributed by atoms with E-state index in [-0.39, 0.29) is 5.56 Å². The molecule has 0 atom stereocenters. The molecule has 4 heteroatoms. The van der Waals surface area contributed by atoms with Crippen LogP contribution >= 0.6 is 0 Å². The van der Waals surface area contributed by atoms with Gasteiger partial charge in [-0.2, -0.15) is 5.26 Å². The highest BCUT2D eigenvalue weighted by molar-refractivity contribution is 5.30. The average Bonchev–Trinajstić information content (AvgIpc) is 2.33. The lowest BCUT2D eigenvalue weighted by atomic mass is 10.2. The molecule has 84 valence electrons. The fourth-order valence-corrected chi connectivity index (χ4v) is 1.59. The van der Waals surface area contributed by atoms with Crippen LogP contribution in [0.1, 0.15) is 16.8 Å². The predicted octanol–water partition coefficient (Wildman–Crippen LogP) is 1.47. The van der Waals surface area contributed by atoms with E-state index in [1.807, 2.05) is 19.1 Å². The van der Waals surface area contributed by atoms with Gasteiger partial charge in [-0.3, -0.25) is 4.79 Å². The third-order valence-electron chi connectivity index (χ3n) is 2.49. The first kappa shape index (κ1) is 11.1. The molecule has 0 bridgehead atoms. The Bertz CT molecular complexity index is 638. The molecular formula is C13H11N3O. The summed E-state index contributed by atoms with van der Waals surface area (Å²) in [6.07, 6.45) is 3.30. The number of nitrogens with zero attached hydrogens (tertiary/aromatic N) is 3. The zero-order valence-electron chi connectivity index (χ0n) is 9.42. The summed E-state index contributed by atoms with van der Waals surface area (Å²) in [5.74, 6) is 0. The predicted molar refractivity (Wildman–Crippen MR) is 63.5 cm³/mol. The van der Waals surface area contributed by atoms with E-state index in [1.165, 1.54) is 0 Å². The van der Waals surface area contributed by atoms with E-state index in [9.17, 15) is 4.79 Å². The Labute approximate surface area is 98.8 Å². The van der Waals surface area contributed by atoms with Gasteiger partial charge in [0.25, 0.3) is 5.56 Å². The molecule has 0 saturated carbocycles. The van der Waals surface area contributed by atoms with E-state index < -0.39 is 0 Å². The van der Waals surface area contributed by atoms with Gasteiger partial charge in [0.15, 0.2) is 0 Å². The van der Waals surface area contributed by atoms with Crippen LogP contribution in [0.3, 0.4) is 0 Å². The molecule has 0 N–H and O–H groups in total. The summed E-state index contributed by atoms with van der Waals surface area (Å²) < 4.78 is 1.56. The van der Waals surface area contributed by atoms with Crippen LogP contribution in [0.4, 0.5) is 0 Å². The number of hydrogen-bond donors (Lipinski definition) is 0. The van der Waals surface area contributed by atoms with Crippen molar-refractivity contribution in [1.82, 2.24) is 9.55 Å². The molecule has 0 spiro atoms. The van der Waals surface area contributed by atoms with E-state index >= 15 is 0 Å². The molecule has 0 unspecified atom stereocenters. The summed E-state index contributed by atoms with van der Waals surface area (Å²) in [5.41, 5.74) is 1.97. The molecule has 2 aromatic rings. The van der Waals surface area contributed by atoms with Crippen LogP contribution in [0.15, 0.2) is 41.5 Å². The van der Waals surface area contributed by atoms with Crippen molar-refractivity contribution in [3.8, 4) is 6.07 Å². The standard InChI is InChI=1S/C13H11N3O/c1-10-4-6-16(13(17)7-10)9-11-3-2-5-15-12(11)8-14/h2-7H,9H2,1H3. The second kappa shape index (κ2) is 4.62. The van der Waals surface area contributed by atoms with Gasteiger partial charge in [-0.1, -0.05) is 6.07 Å². The van der Waals surface area contributed by atoms with Gasteiger partial charge in [-0.15, -0.1) is 0 Å². The maximum Gasteiger partial charge on any atom is 0.251 e. The maximum atomic E-state index is 11.7. The normalized spacial score (nSPS) is 9.88. The number of aryl methyl sites for hydroxylation is 1. The van der Waals surface area contributed by atoms with Gasteiger partial charge in [-0.25, -0.2) is 4.98 Å². The molecule has 0 aliphatic rings. The van der Waals surface area contributed by atoms with E-state index in [0.717, 1.165) is 11.1 Å². The molecule has 0 aliphatic carbocycles. The van der Waals surface area contributed by atoms with Gasteiger partial charge in [0.2, 0.25) is 0 Å². The first-order valence-electron chi connectivity index (χ1n) is 5.22. The topological polar surface area (TPSA) is 58.7 Å². The highest BCUT2D eigenvalue weighted by atomic mass is 16.1. The van der Waals surface area contributed by atoms with Crippen molar-refractivity contribution in [3.05, 3.63) is 63.8 Å². The van der Waals surface area contributed by atoms with Gasteiger partial charge in [0.05, 0.1) is 6.54 Å². The van der Waals surface area contributed by atoms with Crippen molar-refractivity contribution in [2.24, 2.45) is 0 Å². The van der Waals surface area contributed by atoms with Crippen LogP contribution in [0.2, 0.25) is 0 Å². The van der Waals surface area contributed by atoms with Crippen LogP contribution in [0.5, 0.6) is 0 Å². The van der Waals surface area contributed by atoms with Crippen LogP contribution in [0.25, 0.3) is 0 Å². The summed E-state index contributed by atoms with van der Waals surface area (Å²) in [7, 11) is 0. The molecule has 2 heterocycles. The number of pyridine rings is 2. The fraction of sp³-hybridized carbons (Fsp3) is 0.154. The number of hydrogen-bond acceptors (Lipinski definition) is 3. The van der Waals surface area contributed by atoms with E-state index in [1.54, 1.807) is 35.2 Å². The summed E-state index contributed by atoms with van der Waals surface area (Å²) in [6, 6.07) is 9.02. The third kappa shape index (κ3) is 2.40. The molecule has 0 fully saturated rings. The smallest absolute Gasteiger partial charge is 0.251 e. The Hall–Kier alpha value is -2.41. The Morgan fingerprint density at radius 3 is 3.00 bits per heavy atom. The lowest BCUT2D eigenvalue weighted by Gasteiger charge is -2.06. The minimum Gasteiger partial charge on any atom is -0.311 e. The Kier molecular flexibility index (Phi) is 3.01. The fourth-order valence-electron chi connectivity index (χ4n) is 1.59. The lowest BCUT2D eigenvalue weighted by molar-refractivity contribution is 0.751. The number of aromatic nitrogens is 2. The molecular weight excluding hydrogens is 214 g/mol. The van der Waals surface area contributed by atoms with Crippen molar-refractivity contribution in [2.75, 3.05) is 0 Å². The van der Waals surface area contributed by atoms with Gasteiger partial charge in [-0.05, 0) is 24.6 Å². The first-order valence-corrected chi connectivity index (χ1v) is 5.22. The lowest BCUT2D eigenvalue weighted by Crippen LogP contribution is -2.19. The highest BCUT2D eigenvalue weighted by Crippen LogP contribution is 2.05. The summed E-state index contributed by atoms with van der Waals surface area (Å²) in [6.45, 7) is 2.24. The van der Waals surface area contributed by atoms with Crippen LogP contribution in [-0.4, -0.2) is 9.55 Å². The van der Waals surface area contributed by atoms with Crippen molar-refractivity contribution < 1.29 is 0 Å².